The van der Waals surface area contributed by atoms with Crippen molar-refractivity contribution in [1.29, 1.82) is 0 Å². The van der Waals surface area contributed by atoms with Gasteiger partial charge < -0.3 is 0 Å². The van der Waals surface area contributed by atoms with Gasteiger partial charge in [0.1, 0.15) is 11.0 Å². The monoisotopic (exact) mass is 201 g/mol. The van der Waals surface area contributed by atoms with Gasteiger partial charge in [-0.25, -0.2) is 4.21 Å². The minimum Gasteiger partial charge on any atom is -0.234 e. The van der Waals surface area contributed by atoms with E-state index in [4.69, 9.17) is 0 Å². The highest BCUT2D eigenvalue weighted by Crippen LogP contribution is 2.18. The first-order valence-corrected chi connectivity index (χ1v) is 6.09. The van der Waals surface area contributed by atoms with Gasteiger partial charge >= 0.3 is 0 Å². The summed E-state index contributed by atoms with van der Waals surface area (Å²) in [6.07, 6.45) is 5.87. The van der Waals surface area contributed by atoms with Crippen LogP contribution in [0.2, 0.25) is 0 Å². The summed E-state index contributed by atoms with van der Waals surface area (Å²) in [6.45, 7) is 5.90. The van der Waals surface area contributed by atoms with E-state index in [-0.39, 0.29) is 4.75 Å². The highest BCUT2D eigenvalue weighted by Gasteiger charge is 2.20. The fourth-order valence-electron chi connectivity index (χ4n) is 1.31. The lowest BCUT2D eigenvalue weighted by molar-refractivity contribution is 0.646. The molecule has 1 rings (SSSR count). The molecular formula is C10H19NOS. The Morgan fingerprint density at radius 3 is 2.15 bits per heavy atom. The molecule has 1 atom stereocenters. The molecule has 2 nitrogen and oxygen atoms in total. The predicted molar refractivity (Wildman–Crippen MR) is 58.4 cm³/mol. The van der Waals surface area contributed by atoms with Crippen LogP contribution >= 0.6 is 0 Å². The van der Waals surface area contributed by atoms with Gasteiger partial charge in [0.05, 0.1) is 4.75 Å². The van der Waals surface area contributed by atoms with Crippen molar-refractivity contribution in [1.82, 2.24) is 0 Å². The smallest absolute Gasteiger partial charge is 0.144 e. The van der Waals surface area contributed by atoms with Gasteiger partial charge in [-0.05, 0) is 46.5 Å². The molecule has 1 aliphatic rings. The zero-order valence-corrected chi connectivity index (χ0v) is 9.62. The Hall–Kier alpha value is -0.180. The Morgan fingerprint density at radius 1 is 1.15 bits per heavy atom. The molecule has 0 heterocycles. The highest BCUT2D eigenvalue weighted by atomic mass is 32.2. The summed E-state index contributed by atoms with van der Waals surface area (Å²) >= 11 is 0. The Labute approximate surface area is 83.4 Å². The molecule has 0 N–H and O–H groups in total. The van der Waals surface area contributed by atoms with Gasteiger partial charge in [-0.15, -0.1) is 0 Å². The van der Waals surface area contributed by atoms with Gasteiger partial charge in [-0.2, -0.15) is 4.40 Å². The van der Waals surface area contributed by atoms with E-state index < -0.39 is 11.0 Å². The first-order valence-electron chi connectivity index (χ1n) is 4.98. The maximum Gasteiger partial charge on any atom is 0.144 e. The Balaban J connectivity index is 2.59. The number of hydrogen-bond donors (Lipinski definition) is 0. The minimum atomic E-state index is -1.05. The predicted octanol–water partition coefficient (Wildman–Crippen LogP) is 2.85. The van der Waals surface area contributed by atoms with Gasteiger partial charge in [-0.3, -0.25) is 0 Å². The normalized spacial score (nSPS) is 21.3. The zero-order valence-electron chi connectivity index (χ0n) is 8.80. The third-order valence-corrected chi connectivity index (χ3v) is 3.64. The van der Waals surface area contributed by atoms with Gasteiger partial charge in [0.2, 0.25) is 0 Å². The van der Waals surface area contributed by atoms with E-state index in [1.54, 1.807) is 0 Å². The van der Waals surface area contributed by atoms with Crippen LogP contribution in [0.3, 0.4) is 0 Å². The molecule has 1 fully saturated rings. The Bertz CT molecular complexity index is 220. The fourth-order valence-corrected chi connectivity index (χ4v) is 2.00. The molecule has 0 aromatic carbocycles. The van der Waals surface area contributed by atoms with E-state index in [2.05, 4.69) is 4.40 Å². The van der Waals surface area contributed by atoms with Crippen LogP contribution in [0.25, 0.3) is 0 Å². The van der Waals surface area contributed by atoms with Crippen LogP contribution in [-0.4, -0.2) is 14.7 Å². The lowest BCUT2D eigenvalue weighted by Gasteiger charge is -2.17. The lowest BCUT2D eigenvalue weighted by atomic mass is 9.99. The molecule has 1 aliphatic carbocycles. The molecule has 0 aromatic heterocycles. The third kappa shape index (κ3) is 3.59. The summed E-state index contributed by atoms with van der Waals surface area (Å²) in [7, 11) is -1.05. The summed E-state index contributed by atoms with van der Waals surface area (Å²) < 4.78 is 15.7. The van der Waals surface area contributed by atoms with E-state index in [1.807, 2.05) is 20.8 Å². The van der Waals surface area contributed by atoms with Crippen LogP contribution in [0.1, 0.15) is 52.9 Å². The molecule has 13 heavy (non-hydrogen) atoms. The largest absolute Gasteiger partial charge is 0.234 e. The zero-order chi connectivity index (χ0) is 9.90. The second-order valence-electron chi connectivity index (χ2n) is 4.58. The number of hydrogen-bond acceptors (Lipinski definition) is 1. The van der Waals surface area contributed by atoms with E-state index >= 15 is 0 Å². The van der Waals surface area contributed by atoms with Gasteiger partial charge in [0.25, 0.3) is 0 Å². The molecule has 0 radical (unpaired) electrons. The van der Waals surface area contributed by atoms with Crippen molar-refractivity contribution in [3.05, 3.63) is 0 Å². The molecule has 0 aliphatic heterocycles. The molecular weight excluding hydrogens is 182 g/mol. The van der Waals surface area contributed by atoms with Crippen LogP contribution in [-0.2, 0) is 11.0 Å². The molecule has 0 bridgehead atoms. The van der Waals surface area contributed by atoms with Gasteiger partial charge in [0, 0.05) is 5.71 Å². The summed E-state index contributed by atoms with van der Waals surface area (Å²) in [5.41, 5.74) is 1.17. The SMILES string of the molecule is CC(C)(C)S(=O)N=C1CCCCC1. The maximum atomic E-state index is 11.7. The second kappa shape index (κ2) is 4.36. The molecule has 3 heteroatoms. The average Bonchev–Trinajstić information content (AvgIpc) is 2.04. The molecule has 0 aromatic rings. The number of nitrogens with zero attached hydrogens (tertiary/aromatic N) is 1. The first kappa shape index (κ1) is 10.9. The minimum absolute atomic E-state index is 0.204. The highest BCUT2D eigenvalue weighted by molar-refractivity contribution is 7.85. The van der Waals surface area contributed by atoms with Crippen molar-refractivity contribution in [3.63, 3.8) is 0 Å². The standard InChI is InChI=1S/C10H19NOS/c1-10(2,3)13(12)11-9-7-5-4-6-8-9/h4-8H2,1-3H3. The molecule has 0 saturated heterocycles. The van der Waals surface area contributed by atoms with Crippen molar-refractivity contribution in [2.24, 2.45) is 4.40 Å². The molecule has 0 amide bonds. The molecule has 0 spiro atoms. The van der Waals surface area contributed by atoms with Gasteiger partial charge in [0.15, 0.2) is 0 Å². The van der Waals surface area contributed by atoms with Crippen molar-refractivity contribution >= 4 is 16.7 Å². The summed E-state index contributed by atoms with van der Waals surface area (Å²) in [6, 6.07) is 0. The molecule has 1 unspecified atom stereocenters. The van der Waals surface area contributed by atoms with E-state index in [1.165, 1.54) is 25.0 Å². The third-order valence-electron chi connectivity index (χ3n) is 2.17. The summed E-state index contributed by atoms with van der Waals surface area (Å²) in [4.78, 5) is 0. The van der Waals surface area contributed by atoms with Crippen LogP contribution < -0.4 is 0 Å². The first-order chi connectivity index (χ1) is 6.00. The van der Waals surface area contributed by atoms with Crippen molar-refractivity contribution in [2.45, 2.75) is 57.6 Å². The average molecular weight is 201 g/mol. The van der Waals surface area contributed by atoms with Crippen LogP contribution in [0, 0.1) is 0 Å². The topological polar surface area (TPSA) is 29.4 Å². The van der Waals surface area contributed by atoms with Crippen molar-refractivity contribution in [2.75, 3.05) is 0 Å². The van der Waals surface area contributed by atoms with E-state index in [9.17, 15) is 4.21 Å². The van der Waals surface area contributed by atoms with E-state index in [0.717, 1.165) is 12.8 Å². The van der Waals surface area contributed by atoms with Crippen LogP contribution in [0.5, 0.6) is 0 Å². The van der Waals surface area contributed by atoms with Gasteiger partial charge in [-0.1, -0.05) is 6.42 Å². The van der Waals surface area contributed by atoms with Crippen molar-refractivity contribution in [3.8, 4) is 0 Å². The molecule has 76 valence electrons. The maximum absolute atomic E-state index is 11.7. The van der Waals surface area contributed by atoms with Crippen molar-refractivity contribution < 1.29 is 4.21 Å². The summed E-state index contributed by atoms with van der Waals surface area (Å²) in [5, 5.41) is 0. The Kier molecular flexibility index (Phi) is 3.65. The molecule has 1 saturated carbocycles. The van der Waals surface area contributed by atoms with E-state index in [0.29, 0.717) is 0 Å². The Morgan fingerprint density at radius 2 is 1.69 bits per heavy atom. The summed E-state index contributed by atoms with van der Waals surface area (Å²) in [5.74, 6) is 0. The van der Waals surface area contributed by atoms with Crippen LogP contribution in [0.15, 0.2) is 4.40 Å². The second-order valence-corrected chi connectivity index (χ2v) is 6.49. The van der Waals surface area contributed by atoms with Crippen LogP contribution in [0.4, 0.5) is 0 Å². The fraction of sp³-hybridized carbons (Fsp3) is 0.900. The number of rotatable bonds is 1. The lowest BCUT2D eigenvalue weighted by Crippen LogP contribution is -2.21. The quantitative estimate of drug-likeness (QED) is 0.641.